The molecule has 2 amide bonds. The SMILES string of the molecule is COS(=O)(=O)NC(=O)c1ccc2n1-c1ccc(C)cc1OC21CCN(C(=O)OC(C)(C)C)CC1. The summed E-state index contributed by atoms with van der Waals surface area (Å²) < 4.78 is 43.7. The molecule has 0 bridgehead atoms. The van der Waals surface area contributed by atoms with Crippen LogP contribution in [-0.4, -0.2) is 55.7 Å². The van der Waals surface area contributed by atoms with Crippen molar-refractivity contribution in [1.82, 2.24) is 14.2 Å². The zero-order valence-electron chi connectivity index (χ0n) is 19.9. The summed E-state index contributed by atoms with van der Waals surface area (Å²) in [5, 5.41) is 0. The number of ether oxygens (including phenoxy) is 2. The maximum Gasteiger partial charge on any atom is 0.410 e. The lowest BCUT2D eigenvalue weighted by Crippen LogP contribution is -2.51. The van der Waals surface area contributed by atoms with Gasteiger partial charge in [-0.3, -0.25) is 8.98 Å². The number of carbonyl (C=O) groups is 2. The molecule has 0 unspecified atom stereocenters. The molecular weight excluding hydrogens is 462 g/mol. The molecule has 2 aliphatic rings. The smallest absolute Gasteiger partial charge is 0.410 e. The highest BCUT2D eigenvalue weighted by molar-refractivity contribution is 7.85. The van der Waals surface area contributed by atoms with E-state index in [1.807, 2.05) is 50.6 Å². The Morgan fingerprint density at radius 1 is 1.12 bits per heavy atom. The molecule has 1 aromatic carbocycles. The molecule has 0 saturated carbocycles. The normalized spacial score (nSPS) is 16.9. The zero-order valence-corrected chi connectivity index (χ0v) is 20.7. The van der Waals surface area contributed by atoms with Crippen LogP contribution in [0.5, 0.6) is 5.75 Å². The number of piperidine rings is 1. The second-order valence-corrected chi connectivity index (χ2v) is 11.0. The van der Waals surface area contributed by atoms with E-state index in [9.17, 15) is 18.0 Å². The second-order valence-electron chi connectivity index (χ2n) is 9.53. The summed E-state index contributed by atoms with van der Waals surface area (Å²) in [6.45, 7) is 8.21. The Labute approximate surface area is 199 Å². The Balaban J connectivity index is 1.70. The molecule has 2 aliphatic heterocycles. The fourth-order valence-corrected chi connectivity index (χ4v) is 4.74. The van der Waals surface area contributed by atoms with E-state index in [0.29, 0.717) is 43.1 Å². The number of hydrogen-bond donors (Lipinski definition) is 1. The summed E-state index contributed by atoms with van der Waals surface area (Å²) in [5.74, 6) is -0.235. The third kappa shape index (κ3) is 4.49. The number of likely N-dealkylation sites (tertiary alicyclic amines) is 1. The topological polar surface area (TPSA) is 116 Å². The molecule has 11 heteroatoms. The van der Waals surface area contributed by atoms with Crippen molar-refractivity contribution < 1.29 is 31.7 Å². The first-order valence-corrected chi connectivity index (χ1v) is 12.4. The van der Waals surface area contributed by atoms with Crippen molar-refractivity contribution in [1.29, 1.82) is 0 Å². The van der Waals surface area contributed by atoms with Crippen LogP contribution in [0.15, 0.2) is 30.3 Å². The minimum Gasteiger partial charge on any atom is -0.479 e. The van der Waals surface area contributed by atoms with Gasteiger partial charge in [0, 0.05) is 25.9 Å². The van der Waals surface area contributed by atoms with Gasteiger partial charge in [-0.15, -0.1) is 0 Å². The fourth-order valence-electron chi connectivity index (χ4n) is 4.32. The molecule has 0 atom stereocenters. The maximum atomic E-state index is 12.9. The second kappa shape index (κ2) is 8.31. The van der Waals surface area contributed by atoms with E-state index in [1.54, 1.807) is 21.6 Å². The number of aryl methyl sites for hydroxylation is 1. The summed E-state index contributed by atoms with van der Waals surface area (Å²) in [6, 6.07) is 8.94. The van der Waals surface area contributed by atoms with Crippen molar-refractivity contribution in [3.63, 3.8) is 0 Å². The minimum absolute atomic E-state index is 0.137. The lowest BCUT2D eigenvalue weighted by Gasteiger charge is -2.45. The van der Waals surface area contributed by atoms with E-state index < -0.39 is 27.4 Å². The van der Waals surface area contributed by atoms with E-state index in [2.05, 4.69) is 4.18 Å². The van der Waals surface area contributed by atoms with Crippen molar-refractivity contribution in [3.05, 3.63) is 47.3 Å². The van der Waals surface area contributed by atoms with Crippen molar-refractivity contribution in [2.45, 2.75) is 51.7 Å². The third-order valence-electron chi connectivity index (χ3n) is 5.90. The highest BCUT2D eigenvalue weighted by atomic mass is 32.2. The Morgan fingerprint density at radius 2 is 1.79 bits per heavy atom. The lowest BCUT2D eigenvalue weighted by atomic mass is 9.86. The van der Waals surface area contributed by atoms with Crippen LogP contribution >= 0.6 is 0 Å². The van der Waals surface area contributed by atoms with Crippen LogP contribution in [0.25, 0.3) is 5.69 Å². The van der Waals surface area contributed by atoms with Gasteiger partial charge in [0.05, 0.1) is 18.5 Å². The molecule has 4 rings (SSSR count). The number of benzene rings is 1. The Morgan fingerprint density at radius 3 is 2.41 bits per heavy atom. The molecular formula is C23H29N3O7S. The van der Waals surface area contributed by atoms with Gasteiger partial charge in [0.1, 0.15) is 17.0 Å². The predicted octanol–water partition coefficient (Wildman–Crippen LogP) is 3.03. The van der Waals surface area contributed by atoms with Gasteiger partial charge in [-0.1, -0.05) is 6.07 Å². The minimum atomic E-state index is -4.22. The fraction of sp³-hybridized carbons (Fsp3) is 0.478. The van der Waals surface area contributed by atoms with Crippen molar-refractivity contribution in [2.24, 2.45) is 0 Å². The van der Waals surface area contributed by atoms with Crippen LogP contribution in [0.4, 0.5) is 4.79 Å². The summed E-state index contributed by atoms with van der Waals surface area (Å²) in [7, 11) is -3.25. The number of carbonyl (C=O) groups excluding carboxylic acids is 2. The van der Waals surface area contributed by atoms with Gasteiger partial charge in [0.2, 0.25) is 0 Å². The van der Waals surface area contributed by atoms with Gasteiger partial charge in [0.25, 0.3) is 5.91 Å². The Bertz CT molecular complexity index is 1240. The lowest BCUT2D eigenvalue weighted by molar-refractivity contribution is -0.0269. The molecule has 34 heavy (non-hydrogen) atoms. The van der Waals surface area contributed by atoms with Gasteiger partial charge < -0.3 is 18.9 Å². The number of nitrogens with one attached hydrogen (secondary N) is 1. The highest BCUT2D eigenvalue weighted by Gasteiger charge is 2.46. The number of fused-ring (bicyclic) bond motifs is 4. The van der Waals surface area contributed by atoms with Crippen LogP contribution in [0.1, 0.15) is 55.4 Å². The summed E-state index contributed by atoms with van der Waals surface area (Å²) in [4.78, 5) is 27.1. The number of amides is 2. The number of hydrogen-bond acceptors (Lipinski definition) is 7. The first-order chi connectivity index (χ1) is 15.8. The molecule has 1 N–H and O–H groups in total. The molecule has 0 aliphatic carbocycles. The van der Waals surface area contributed by atoms with Gasteiger partial charge in [-0.05, 0) is 57.5 Å². The van der Waals surface area contributed by atoms with Crippen LogP contribution in [-0.2, 0) is 24.8 Å². The highest BCUT2D eigenvalue weighted by Crippen LogP contribution is 2.46. The van der Waals surface area contributed by atoms with Gasteiger partial charge in [-0.25, -0.2) is 9.52 Å². The van der Waals surface area contributed by atoms with Gasteiger partial charge >= 0.3 is 16.4 Å². The Hall–Kier alpha value is -3.05. The van der Waals surface area contributed by atoms with Crippen LogP contribution in [0, 0.1) is 6.92 Å². The van der Waals surface area contributed by atoms with Crippen LogP contribution in [0.2, 0.25) is 0 Å². The zero-order chi connectivity index (χ0) is 24.9. The number of nitrogens with zero attached hydrogens (tertiary/aromatic N) is 2. The Kier molecular flexibility index (Phi) is 5.89. The van der Waals surface area contributed by atoms with E-state index in [4.69, 9.17) is 9.47 Å². The molecule has 1 saturated heterocycles. The first-order valence-electron chi connectivity index (χ1n) is 11.0. The van der Waals surface area contributed by atoms with Gasteiger partial charge in [-0.2, -0.15) is 8.42 Å². The van der Waals surface area contributed by atoms with E-state index in [-0.39, 0.29) is 11.8 Å². The maximum absolute atomic E-state index is 12.9. The molecule has 10 nitrogen and oxygen atoms in total. The molecule has 1 fully saturated rings. The summed E-state index contributed by atoms with van der Waals surface area (Å²) in [5.41, 5.74) is 1.07. The first kappa shape index (κ1) is 24.1. The van der Waals surface area contributed by atoms with Crippen molar-refractivity contribution >= 4 is 22.3 Å². The molecule has 3 heterocycles. The van der Waals surface area contributed by atoms with Crippen molar-refractivity contribution in [3.8, 4) is 11.4 Å². The van der Waals surface area contributed by atoms with E-state index in [0.717, 1.165) is 12.7 Å². The van der Waals surface area contributed by atoms with Crippen molar-refractivity contribution in [2.75, 3.05) is 20.2 Å². The quantitative estimate of drug-likeness (QED) is 0.702. The standard InChI is InChI=1S/C23H29N3O7S/c1-15-6-7-16-18(14-15)32-23(10-12-25(13-11-23)21(28)33-22(2,3)4)19-9-8-17(26(16)19)20(27)24-34(29,30)31-5/h6-9,14H,10-13H2,1-5H3,(H,24,27). The predicted molar refractivity (Wildman–Crippen MR) is 123 cm³/mol. The van der Waals surface area contributed by atoms with E-state index in [1.165, 1.54) is 0 Å². The summed E-state index contributed by atoms with van der Waals surface area (Å²) in [6.07, 6.45) is 0.567. The molecule has 184 valence electrons. The van der Waals surface area contributed by atoms with E-state index >= 15 is 0 Å². The van der Waals surface area contributed by atoms with Crippen LogP contribution < -0.4 is 9.46 Å². The number of aromatic nitrogens is 1. The molecule has 1 spiro atoms. The van der Waals surface area contributed by atoms with Gasteiger partial charge in [0.15, 0.2) is 5.60 Å². The average Bonchev–Trinajstić information content (AvgIpc) is 3.19. The van der Waals surface area contributed by atoms with Crippen LogP contribution in [0.3, 0.4) is 0 Å². The monoisotopic (exact) mass is 491 g/mol. The summed E-state index contributed by atoms with van der Waals surface area (Å²) >= 11 is 0. The largest absolute Gasteiger partial charge is 0.479 e. The molecule has 0 radical (unpaired) electrons. The number of rotatable bonds is 3. The molecule has 2 aromatic rings. The average molecular weight is 492 g/mol. The third-order valence-corrected chi connectivity index (χ3v) is 6.78. The molecule has 1 aromatic heterocycles.